The molecule has 0 spiro atoms. The normalized spacial score (nSPS) is 20.8. The number of nitrogens with zero attached hydrogens (tertiary/aromatic N) is 3. The Labute approximate surface area is 138 Å². The molecule has 0 radical (unpaired) electrons. The molecule has 7 nitrogen and oxygen atoms in total. The zero-order valence-electron chi connectivity index (χ0n) is 13.1. The largest absolute Gasteiger partial charge is 0.370 e. The molecule has 0 unspecified atom stereocenters. The van der Waals surface area contributed by atoms with Crippen LogP contribution in [0.1, 0.15) is 35.9 Å². The molecule has 0 aromatic carbocycles. The fraction of sp³-hybridized carbons (Fsp3) is 0.533. The van der Waals surface area contributed by atoms with E-state index in [4.69, 9.17) is 20.9 Å². The highest BCUT2D eigenvalue weighted by atomic mass is 35.5. The molecule has 3 rings (SSSR count). The number of aryl methyl sites for hydroxylation is 2. The maximum atomic E-state index is 12.2. The molecule has 0 bridgehead atoms. The smallest absolute Gasteiger partial charge is 0.229 e. The van der Waals surface area contributed by atoms with Crippen LogP contribution in [0.15, 0.2) is 16.8 Å². The van der Waals surface area contributed by atoms with E-state index in [1.54, 1.807) is 10.9 Å². The van der Waals surface area contributed by atoms with Gasteiger partial charge in [-0.3, -0.25) is 9.48 Å². The fourth-order valence-corrected chi connectivity index (χ4v) is 3.12. The lowest BCUT2D eigenvalue weighted by molar-refractivity contribution is -0.122. The van der Waals surface area contributed by atoms with Gasteiger partial charge in [-0.1, -0.05) is 5.16 Å². The van der Waals surface area contributed by atoms with E-state index in [0.29, 0.717) is 19.4 Å². The summed E-state index contributed by atoms with van der Waals surface area (Å²) in [5.74, 6) is -0.0377. The van der Waals surface area contributed by atoms with E-state index in [2.05, 4.69) is 15.6 Å². The van der Waals surface area contributed by atoms with Gasteiger partial charge in [-0.05, 0) is 37.4 Å². The number of hydrogen-bond donors (Lipinski definition) is 1. The zero-order chi connectivity index (χ0) is 16.4. The molecule has 1 amide bonds. The number of aromatic nitrogens is 3. The summed E-state index contributed by atoms with van der Waals surface area (Å²) in [7, 11) is 1.87. The van der Waals surface area contributed by atoms with Crippen LogP contribution in [0.2, 0.25) is 5.22 Å². The minimum Gasteiger partial charge on any atom is -0.370 e. The predicted octanol–water partition coefficient (Wildman–Crippen LogP) is 1.95. The zero-order valence-corrected chi connectivity index (χ0v) is 13.8. The van der Waals surface area contributed by atoms with Gasteiger partial charge in [0.05, 0.1) is 17.4 Å². The lowest BCUT2D eigenvalue weighted by Gasteiger charge is -2.20. The predicted molar refractivity (Wildman–Crippen MR) is 83.0 cm³/mol. The number of hydrogen-bond acceptors (Lipinski definition) is 5. The lowest BCUT2D eigenvalue weighted by Crippen LogP contribution is -2.37. The first-order valence-electron chi connectivity index (χ1n) is 7.55. The van der Waals surface area contributed by atoms with E-state index in [1.165, 1.54) is 0 Å². The minimum absolute atomic E-state index is 0.0377. The molecule has 1 saturated heterocycles. The highest BCUT2D eigenvalue weighted by molar-refractivity contribution is 6.29. The van der Waals surface area contributed by atoms with Crippen molar-refractivity contribution >= 4 is 17.5 Å². The van der Waals surface area contributed by atoms with E-state index >= 15 is 0 Å². The van der Waals surface area contributed by atoms with Crippen molar-refractivity contribution in [3.05, 3.63) is 34.4 Å². The van der Waals surface area contributed by atoms with Crippen molar-refractivity contribution in [3.63, 3.8) is 0 Å². The van der Waals surface area contributed by atoms with Crippen LogP contribution in [0.3, 0.4) is 0 Å². The van der Waals surface area contributed by atoms with Crippen molar-refractivity contribution in [2.75, 3.05) is 6.61 Å². The Balaban J connectivity index is 1.58. The van der Waals surface area contributed by atoms with Gasteiger partial charge in [0.2, 0.25) is 11.1 Å². The van der Waals surface area contributed by atoms with E-state index in [0.717, 1.165) is 23.4 Å². The van der Waals surface area contributed by atoms with Gasteiger partial charge in [0.25, 0.3) is 0 Å². The first-order valence-corrected chi connectivity index (χ1v) is 7.93. The highest BCUT2D eigenvalue weighted by Gasteiger charge is 2.32. The second-order valence-electron chi connectivity index (χ2n) is 5.65. The molecule has 2 atom stereocenters. The standard InChI is InChI=1S/C15H19ClN4O3/c1-9-10(15(16)23-19-9)3-4-13(21)18-11-6-8-22-14(11)12-5-7-17-20(12)2/h5,7,11,14H,3-4,6,8H2,1-2H3,(H,18,21)/t11-,14-/m0/s1. The molecule has 2 aromatic heterocycles. The van der Waals surface area contributed by atoms with Crippen molar-refractivity contribution in [3.8, 4) is 0 Å². The molecule has 1 aliphatic rings. The number of rotatable bonds is 5. The van der Waals surface area contributed by atoms with Crippen LogP contribution >= 0.6 is 11.6 Å². The summed E-state index contributed by atoms with van der Waals surface area (Å²) in [6.07, 6.45) is 3.19. The maximum Gasteiger partial charge on any atom is 0.229 e. The summed E-state index contributed by atoms with van der Waals surface area (Å²) < 4.78 is 12.4. The molecule has 0 aliphatic carbocycles. The summed E-state index contributed by atoms with van der Waals surface area (Å²) in [6.45, 7) is 2.43. The Morgan fingerprint density at radius 3 is 3.04 bits per heavy atom. The average Bonchev–Trinajstić information content (AvgIpc) is 3.20. The van der Waals surface area contributed by atoms with Crippen molar-refractivity contribution < 1.29 is 14.1 Å². The molecule has 3 heterocycles. The van der Waals surface area contributed by atoms with Crippen LogP contribution in [-0.2, 0) is 23.0 Å². The topological polar surface area (TPSA) is 82.2 Å². The van der Waals surface area contributed by atoms with Crippen LogP contribution in [0.5, 0.6) is 0 Å². The van der Waals surface area contributed by atoms with Gasteiger partial charge >= 0.3 is 0 Å². The van der Waals surface area contributed by atoms with Crippen molar-refractivity contribution in [1.29, 1.82) is 0 Å². The maximum absolute atomic E-state index is 12.2. The van der Waals surface area contributed by atoms with Crippen molar-refractivity contribution in [2.45, 2.75) is 38.3 Å². The third kappa shape index (κ3) is 3.40. The summed E-state index contributed by atoms with van der Waals surface area (Å²) >= 11 is 5.92. The molecule has 2 aromatic rings. The van der Waals surface area contributed by atoms with Crippen LogP contribution in [0.4, 0.5) is 0 Å². The van der Waals surface area contributed by atoms with Gasteiger partial charge in [0, 0.05) is 31.8 Å². The quantitative estimate of drug-likeness (QED) is 0.901. The molecule has 1 N–H and O–H groups in total. The molecule has 1 fully saturated rings. The Kier molecular flexibility index (Phi) is 4.68. The number of carbonyl (C=O) groups excluding carboxylic acids is 1. The second-order valence-corrected chi connectivity index (χ2v) is 6.00. The minimum atomic E-state index is -0.160. The van der Waals surface area contributed by atoms with Crippen LogP contribution < -0.4 is 5.32 Å². The van der Waals surface area contributed by atoms with E-state index in [9.17, 15) is 4.79 Å². The Morgan fingerprint density at radius 1 is 1.57 bits per heavy atom. The molecule has 8 heteroatoms. The van der Waals surface area contributed by atoms with Crippen LogP contribution in [-0.4, -0.2) is 33.5 Å². The third-order valence-electron chi connectivity index (χ3n) is 4.13. The Bertz CT molecular complexity index is 677. The van der Waals surface area contributed by atoms with Gasteiger partial charge in [0.1, 0.15) is 6.10 Å². The van der Waals surface area contributed by atoms with Gasteiger partial charge in [-0.15, -0.1) is 0 Å². The van der Waals surface area contributed by atoms with E-state index < -0.39 is 0 Å². The van der Waals surface area contributed by atoms with Gasteiger partial charge < -0.3 is 14.6 Å². The summed E-state index contributed by atoms with van der Waals surface area (Å²) in [5, 5.41) is 11.2. The number of nitrogens with one attached hydrogen (secondary N) is 1. The average molecular weight is 339 g/mol. The van der Waals surface area contributed by atoms with Crippen molar-refractivity contribution in [1.82, 2.24) is 20.3 Å². The number of carbonyl (C=O) groups is 1. The Morgan fingerprint density at radius 2 is 2.39 bits per heavy atom. The summed E-state index contributed by atoms with van der Waals surface area (Å²) in [5.41, 5.74) is 2.47. The molecular formula is C15H19ClN4O3. The van der Waals surface area contributed by atoms with E-state index in [1.807, 2.05) is 20.0 Å². The lowest BCUT2D eigenvalue weighted by atomic mass is 10.1. The van der Waals surface area contributed by atoms with Crippen LogP contribution in [0, 0.1) is 6.92 Å². The fourth-order valence-electron chi connectivity index (χ4n) is 2.85. The number of ether oxygens (including phenoxy) is 1. The van der Waals surface area contributed by atoms with Gasteiger partial charge in [0.15, 0.2) is 0 Å². The van der Waals surface area contributed by atoms with E-state index in [-0.39, 0.29) is 23.3 Å². The summed E-state index contributed by atoms with van der Waals surface area (Å²) in [6, 6.07) is 1.87. The molecule has 124 valence electrons. The third-order valence-corrected chi connectivity index (χ3v) is 4.42. The number of halogens is 1. The monoisotopic (exact) mass is 338 g/mol. The number of amides is 1. The first-order chi connectivity index (χ1) is 11.1. The van der Waals surface area contributed by atoms with Crippen molar-refractivity contribution in [2.24, 2.45) is 7.05 Å². The highest BCUT2D eigenvalue weighted by Crippen LogP contribution is 2.29. The molecule has 0 saturated carbocycles. The summed E-state index contributed by atoms with van der Waals surface area (Å²) in [4.78, 5) is 12.2. The molecule has 1 aliphatic heterocycles. The SMILES string of the molecule is Cc1noc(Cl)c1CCC(=O)N[C@H]1CCO[C@@H]1c1ccnn1C. The molecule has 23 heavy (non-hydrogen) atoms. The van der Waals surface area contributed by atoms with Crippen LogP contribution in [0.25, 0.3) is 0 Å². The second kappa shape index (κ2) is 6.72. The van der Waals surface area contributed by atoms with Gasteiger partial charge in [-0.25, -0.2) is 0 Å². The van der Waals surface area contributed by atoms with Gasteiger partial charge in [-0.2, -0.15) is 5.10 Å². The Hall–Kier alpha value is -1.86. The molecular weight excluding hydrogens is 320 g/mol. The first kappa shape index (κ1) is 16.0.